The monoisotopic (exact) mass is 481 g/mol. The standard InChI is InChI=1S/C20H27F3NO7P/c1-2-3-4-5-6-11-29-16-8-7-14(12-15(16)18(21,22)23)9-10-17(24,13-25)19(26,27)20-30-32(20,28)31-20/h5-8,12,25-27H,2-4,9-11,13,24H2,1H3/b6-5+. The molecule has 180 valence electrons. The van der Waals surface area contributed by atoms with E-state index in [1.165, 1.54) is 12.1 Å². The fourth-order valence-corrected chi connectivity index (χ4v) is 5.22. The second kappa shape index (κ2) is 8.72. The van der Waals surface area contributed by atoms with Crippen LogP contribution in [-0.4, -0.2) is 45.4 Å². The molecule has 2 aliphatic rings. The average Bonchev–Trinajstić information content (AvgIpc) is 3.54. The van der Waals surface area contributed by atoms with Gasteiger partial charge in [0, 0.05) is 0 Å². The van der Waals surface area contributed by atoms with Gasteiger partial charge in [-0.2, -0.15) is 13.2 Å². The van der Waals surface area contributed by atoms with Crippen molar-refractivity contribution in [3.8, 4) is 5.75 Å². The quantitative estimate of drug-likeness (QED) is 0.118. The van der Waals surface area contributed by atoms with Crippen molar-refractivity contribution in [3.05, 3.63) is 41.5 Å². The number of aliphatic hydroxyl groups excluding tert-OH is 1. The van der Waals surface area contributed by atoms with Crippen LogP contribution in [0.2, 0.25) is 0 Å². The van der Waals surface area contributed by atoms with Gasteiger partial charge in [0.1, 0.15) is 12.4 Å². The highest BCUT2D eigenvalue weighted by Gasteiger charge is 3.01. The largest absolute Gasteiger partial charge is 0.489 e. The maximum absolute atomic E-state index is 13.5. The fraction of sp³-hybridized carbons (Fsp3) is 0.600. The number of rotatable bonds is 12. The van der Waals surface area contributed by atoms with Crippen LogP contribution in [0.1, 0.15) is 43.7 Å². The maximum atomic E-state index is 13.5. The lowest BCUT2D eigenvalue weighted by atomic mass is 9.84. The molecule has 0 amide bonds. The number of halogens is 3. The summed E-state index contributed by atoms with van der Waals surface area (Å²) in [5.74, 6) is -3.33. The Morgan fingerprint density at radius 2 is 1.91 bits per heavy atom. The number of alkyl halides is 3. The lowest BCUT2D eigenvalue weighted by molar-refractivity contribution is -0.290. The van der Waals surface area contributed by atoms with Gasteiger partial charge in [-0.1, -0.05) is 38.0 Å². The van der Waals surface area contributed by atoms with Crippen molar-refractivity contribution < 1.29 is 46.8 Å². The first-order valence-electron chi connectivity index (χ1n) is 10.2. The van der Waals surface area contributed by atoms with Crippen molar-refractivity contribution in [1.29, 1.82) is 0 Å². The Hall–Kier alpha value is -1.46. The molecule has 2 saturated heterocycles. The molecule has 0 spiro atoms. The number of aliphatic hydroxyl groups is 3. The Morgan fingerprint density at radius 1 is 1.25 bits per heavy atom. The van der Waals surface area contributed by atoms with Crippen LogP contribution in [0.3, 0.4) is 0 Å². The van der Waals surface area contributed by atoms with E-state index in [0.29, 0.717) is 0 Å². The highest BCUT2D eigenvalue weighted by molar-refractivity contribution is 7.68. The molecule has 32 heavy (non-hydrogen) atoms. The molecule has 0 aromatic heterocycles. The Kier molecular flexibility index (Phi) is 6.86. The number of benzene rings is 1. The van der Waals surface area contributed by atoms with Gasteiger partial charge in [-0.3, -0.25) is 13.6 Å². The summed E-state index contributed by atoms with van der Waals surface area (Å²) in [6.07, 6.45) is 1.13. The topological polar surface area (TPSA) is 138 Å². The van der Waals surface area contributed by atoms with Gasteiger partial charge in [-0.05, 0) is 37.0 Å². The van der Waals surface area contributed by atoms with Crippen LogP contribution in [0, 0.1) is 0 Å². The first-order valence-corrected chi connectivity index (χ1v) is 11.7. The second-order valence-corrected chi connectivity index (χ2v) is 9.95. The Morgan fingerprint density at radius 3 is 2.44 bits per heavy atom. The van der Waals surface area contributed by atoms with E-state index in [0.717, 1.165) is 25.3 Å². The van der Waals surface area contributed by atoms with Gasteiger partial charge in [0.05, 0.1) is 17.7 Å². The Bertz CT molecular complexity index is 911. The molecule has 2 aliphatic heterocycles. The van der Waals surface area contributed by atoms with Crippen molar-refractivity contribution in [2.75, 3.05) is 13.2 Å². The Balaban J connectivity index is 1.70. The number of aryl methyl sites for hydroxylation is 1. The number of nitrogens with two attached hydrogens (primary N) is 1. The van der Waals surface area contributed by atoms with Gasteiger partial charge in [0.25, 0.3) is 5.79 Å². The highest BCUT2D eigenvalue weighted by Crippen LogP contribution is 3.00. The number of ether oxygens (including phenoxy) is 1. The predicted molar refractivity (Wildman–Crippen MR) is 108 cm³/mol. The molecule has 8 nitrogen and oxygen atoms in total. The van der Waals surface area contributed by atoms with Crippen molar-refractivity contribution >= 4 is 7.60 Å². The summed E-state index contributed by atoms with van der Waals surface area (Å²) in [5.41, 5.74) is 0.781. The minimum Gasteiger partial charge on any atom is -0.489 e. The van der Waals surface area contributed by atoms with E-state index in [4.69, 9.17) is 10.5 Å². The molecule has 1 aromatic carbocycles. The first kappa shape index (κ1) is 25.2. The van der Waals surface area contributed by atoms with Crippen LogP contribution in [0.25, 0.3) is 0 Å². The molecule has 0 bridgehead atoms. The summed E-state index contributed by atoms with van der Waals surface area (Å²) in [4.78, 5) is 0. The molecule has 0 aliphatic carbocycles. The van der Waals surface area contributed by atoms with E-state index in [-0.39, 0.29) is 30.8 Å². The third-order valence-electron chi connectivity index (χ3n) is 5.64. The summed E-state index contributed by atoms with van der Waals surface area (Å²) in [6, 6.07) is 3.46. The van der Waals surface area contributed by atoms with Crippen LogP contribution in [-0.2, 0) is 26.2 Å². The van der Waals surface area contributed by atoms with Gasteiger partial charge < -0.3 is 25.8 Å². The van der Waals surface area contributed by atoms with Gasteiger partial charge in [-0.15, -0.1) is 0 Å². The number of hydrogen-bond donors (Lipinski definition) is 4. The number of allylic oxidation sites excluding steroid dienone is 1. The van der Waals surface area contributed by atoms with Gasteiger partial charge in [0.15, 0.2) is 0 Å². The van der Waals surface area contributed by atoms with E-state index < -0.39 is 42.8 Å². The maximum Gasteiger partial charge on any atom is 0.419 e. The molecule has 2 fully saturated rings. The molecule has 1 atom stereocenters. The van der Waals surface area contributed by atoms with Crippen LogP contribution in [0.15, 0.2) is 30.4 Å². The average molecular weight is 481 g/mol. The van der Waals surface area contributed by atoms with Gasteiger partial charge in [-0.25, -0.2) is 0 Å². The van der Waals surface area contributed by atoms with Crippen molar-refractivity contribution in [3.63, 3.8) is 0 Å². The molecular weight excluding hydrogens is 454 g/mol. The summed E-state index contributed by atoms with van der Waals surface area (Å²) >= 11 is 0. The number of hydrogen-bond acceptors (Lipinski definition) is 8. The summed E-state index contributed by atoms with van der Waals surface area (Å²) in [7, 11) is -3.60. The number of unbranched alkanes of at least 4 members (excludes halogenated alkanes) is 2. The predicted octanol–water partition coefficient (Wildman–Crippen LogP) is 3.04. The lowest BCUT2D eigenvalue weighted by Gasteiger charge is -2.38. The molecule has 0 saturated carbocycles. The van der Waals surface area contributed by atoms with E-state index in [1.807, 2.05) is 13.0 Å². The fourth-order valence-electron chi connectivity index (χ4n) is 3.38. The highest BCUT2D eigenvalue weighted by atomic mass is 31.2. The zero-order valence-corrected chi connectivity index (χ0v) is 18.4. The Labute approximate surface area is 183 Å². The smallest absolute Gasteiger partial charge is 0.419 e. The molecule has 1 unspecified atom stereocenters. The molecule has 3 rings (SSSR count). The molecule has 0 radical (unpaired) electrons. The van der Waals surface area contributed by atoms with E-state index >= 15 is 0 Å². The summed E-state index contributed by atoms with van der Waals surface area (Å²) in [5, 5.41) is 30.4. The summed E-state index contributed by atoms with van der Waals surface area (Å²) < 4.78 is 66.9. The minimum atomic E-state index is -4.68. The third kappa shape index (κ3) is 4.48. The molecule has 12 heteroatoms. The zero-order chi connectivity index (χ0) is 23.8. The van der Waals surface area contributed by atoms with Crippen molar-refractivity contribution in [2.45, 2.75) is 62.1 Å². The second-order valence-electron chi connectivity index (χ2n) is 8.00. The minimum absolute atomic E-state index is 0.0117. The van der Waals surface area contributed by atoms with Crippen LogP contribution in [0.5, 0.6) is 5.75 Å². The summed E-state index contributed by atoms with van der Waals surface area (Å²) in [6.45, 7) is 1.06. The van der Waals surface area contributed by atoms with Crippen LogP contribution in [0.4, 0.5) is 13.2 Å². The van der Waals surface area contributed by atoms with E-state index in [2.05, 4.69) is 9.05 Å². The van der Waals surface area contributed by atoms with Gasteiger partial charge in [0.2, 0.25) is 0 Å². The SMILES string of the molecule is CCCC/C=C/COc1ccc(CCC(N)(CO)C(O)(O)C23OP2(=O)O3)cc1C(F)(F)F. The molecule has 5 N–H and O–H groups in total. The third-order valence-corrected chi connectivity index (χ3v) is 7.51. The molecule has 2 heterocycles. The molecular formula is C20H27F3NO7P. The van der Waals surface area contributed by atoms with Crippen molar-refractivity contribution in [2.24, 2.45) is 5.73 Å². The molecule has 1 aromatic rings. The van der Waals surface area contributed by atoms with Crippen LogP contribution >= 0.6 is 7.60 Å². The normalized spacial score (nSPS) is 26.6. The van der Waals surface area contributed by atoms with Crippen molar-refractivity contribution in [1.82, 2.24) is 0 Å². The first-order chi connectivity index (χ1) is 14.9. The number of fused-ring (bicyclic) bond motifs is 1. The lowest BCUT2D eigenvalue weighted by Crippen LogP contribution is -2.68. The van der Waals surface area contributed by atoms with Gasteiger partial charge >= 0.3 is 19.3 Å². The van der Waals surface area contributed by atoms with E-state index in [9.17, 15) is 33.1 Å². The zero-order valence-electron chi connectivity index (χ0n) is 17.5. The van der Waals surface area contributed by atoms with Crippen LogP contribution < -0.4 is 10.5 Å². The van der Waals surface area contributed by atoms with E-state index in [1.54, 1.807) is 6.08 Å².